The maximum Gasteiger partial charge on any atom is 0.338 e. The number of Topliss-reactive ketones (excluding diaryl/α,β-unsaturated/α-hetero) is 1. The Bertz CT molecular complexity index is 1630. The normalized spacial score (nSPS) is 42.4. The average molecular weight is 733 g/mol. The lowest BCUT2D eigenvalue weighted by molar-refractivity contribution is -0.347. The summed E-state index contributed by atoms with van der Waals surface area (Å²) in [6.07, 6.45) is -12.9. The summed E-state index contributed by atoms with van der Waals surface area (Å²) in [5.41, 5.74) is -6.83. The number of ketones is 1. The van der Waals surface area contributed by atoms with E-state index in [2.05, 4.69) is 0 Å². The molecule has 6 rings (SSSR count). The first-order chi connectivity index (χ1) is 24.3. The SMILES string of the molecule is CC(=O)O[C@H]1C(=O)[C@@]2(C)[C@H]([C@H](OC(=O)c3ccccc3)[C@]3(O)C[C@H](O[C@@H]4C[C@@H](O)[C@@H](O)[C@@H](CO)O4)C(C)=C1C3(C)C)[C@]1(OC(C)=O)CO[C@@H]1C[C@@H]2O. The predicted octanol–water partition coefficient (Wildman–Crippen LogP) is 0.506. The second-order valence-corrected chi connectivity index (χ2v) is 15.5. The van der Waals surface area contributed by atoms with E-state index in [1.807, 2.05) is 0 Å². The first kappa shape index (κ1) is 38.4. The van der Waals surface area contributed by atoms with Gasteiger partial charge in [-0.15, -0.1) is 0 Å². The number of hydrogen-bond acceptors (Lipinski definition) is 15. The molecule has 2 heterocycles. The van der Waals surface area contributed by atoms with E-state index in [4.69, 9.17) is 28.4 Å². The summed E-state index contributed by atoms with van der Waals surface area (Å²) in [5, 5.41) is 56.1. The van der Waals surface area contributed by atoms with Crippen LogP contribution < -0.4 is 0 Å². The number of fused-ring (bicyclic) bond motifs is 5. The van der Waals surface area contributed by atoms with Gasteiger partial charge in [-0.3, -0.25) is 14.4 Å². The van der Waals surface area contributed by atoms with Crippen LogP contribution in [0, 0.1) is 16.7 Å². The van der Waals surface area contributed by atoms with E-state index in [0.717, 1.165) is 6.92 Å². The standard InChI is InChI=1S/C37H48O15/c1-17-22(49-26-12-21(41)28(43)23(15-38)50-26)14-37(46)32(51-33(45)20-10-8-7-9-11-20)30-35(6,24(42)13-25-36(30,16-47-25)52-19(3)40)31(44)29(48-18(2)39)27(17)34(37,4)5/h7-11,21-26,28-30,32,38,41-43,46H,12-16H2,1-6H3/t21-,22+,23-,24+,25-,26+,28-,29-,30+,32+,35-,36+,37-/m1/s1. The van der Waals surface area contributed by atoms with Crippen molar-refractivity contribution < 1.29 is 73.1 Å². The van der Waals surface area contributed by atoms with E-state index in [0.29, 0.717) is 5.57 Å². The largest absolute Gasteiger partial charge is 0.455 e. The molecule has 0 radical (unpaired) electrons. The lowest BCUT2D eigenvalue weighted by Crippen LogP contribution is -2.82. The topological polar surface area (TPSA) is 225 Å². The Morgan fingerprint density at radius 1 is 0.981 bits per heavy atom. The summed E-state index contributed by atoms with van der Waals surface area (Å²) in [5.74, 6) is -4.70. The van der Waals surface area contributed by atoms with Gasteiger partial charge in [0.25, 0.3) is 0 Å². The van der Waals surface area contributed by atoms with Crippen LogP contribution in [0.4, 0.5) is 0 Å². The van der Waals surface area contributed by atoms with Gasteiger partial charge in [0.05, 0.1) is 48.4 Å². The van der Waals surface area contributed by atoms with Crippen LogP contribution >= 0.6 is 0 Å². The molecule has 2 aliphatic heterocycles. The van der Waals surface area contributed by atoms with E-state index < -0.39 is 113 Å². The zero-order valence-electron chi connectivity index (χ0n) is 30.0. The number of ether oxygens (including phenoxy) is 6. The van der Waals surface area contributed by atoms with E-state index in [9.17, 15) is 39.9 Å². The zero-order chi connectivity index (χ0) is 38.1. The van der Waals surface area contributed by atoms with Gasteiger partial charge in [-0.1, -0.05) is 32.0 Å². The first-order valence-electron chi connectivity index (χ1n) is 17.5. The molecule has 0 aromatic heterocycles. The van der Waals surface area contributed by atoms with Crippen molar-refractivity contribution >= 4 is 23.7 Å². The molecule has 286 valence electrons. The Morgan fingerprint density at radius 2 is 1.65 bits per heavy atom. The number of aliphatic hydroxyl groups excluding tert-OH is 4. The maximum atomic E-state index is 15.3. The molecule has 0 spiro atoms. The van der Waals surface area contributed by atoms with E-state index >= 15 is 4.79 Å². The Balaban J connectivity index is 1.60. The highest BCUT2D eigenvalue weighted by atomic mass is 16.7. The third-order valence-electron chi connectivity index (χ3n) is 12.2. The maximum absolute atomic E-state index is 15.3. The minimum Gasteiger partial charge on any atom is -0.455 e. The highest BCUT2D eigenvalue weighted by molar-refractivity contribution is 5.95. The molecule has 5 N–H and O–H groups in total. The fourth-order valence-electron chi connectivity index (χ4n) is 9.37. The lowest BCUT2D eigenvalue weighted by Gasteiger charge is -2.67. The van der Waals surface area contributed by atoms with Crippen LogP contribution in [0.1, 0.15) is 71.2 Å². The van der Waals surface area contributed by atoms with Crippen molar-refractivity contribution in [1.82, 2.24) is 0 Å². The number of carbonyl (C=O) groups is 4. The fourth-order valence-corrected chi connectivity index (χ4v) is 9.37. The van der Waals surface area contributed by atoms with Crippen molar-refractivity contribution in [1.29, 1.82) is 0 Å². The molecule has 15 nitrogen and oxygen atoms in total. The number of esters is 3. The van der Waals surface area contributed by atoms with Gasteiger partial charge in [-0.2, -0.15) is 0 Å². The summed E-state index contributed by atoms with van der Waals surface area (Å²) in [6.45, 7) is 7.69. The van der Waals surface area contributed by atoms with E-state index in [-0.39, 0.29) is 37.0 Å². The Kier molecular flexibility index (Phi) is 10.0. The smallest absolute Gasteiger partial charge is 0.338 e. The molecule has 0 amide bonds. The minimum absolute atomic E-state index is 0.116. The van der Waals surface area contributed by atoms with Crippen molar-refractivity contribution in [3.05, 3.63) is 47.0 Å². The van der Waals surface area contributed by atoms with Crippen LogP contribution in [-0.4, -0.2) is 129 Å². The zero-order valence-corrected chi connectivity index (χ0v) is 30.0. The highest BCUT2D eigenvalue weighted by Gasteiger charge is 2.78. The third-order valence-corrected chi connectivity index (χ3v) is 12.2. The van der Waals surface area contributed by atoms with Crippen LogP contribution in [0.5, 0.6) is 0 Å². The van der Waals surface area contributed by atoms with Gasteiger partial charge >= 0.3 is 17.9 Å². The molecule has 2 saturated heterocycles. The first-order valence-corrected chi connectivity index (χ1v) is 17.5. The van der Waals surface area contributed by atoms with Crippen molar-refractivity contribution in [3.63, 3.8) is 0 Å². The van der Waals surface area contributed by atoms with Crippen LogP contribution in [0.15, 0.2) is 41.5 Å². The number of carbonyl (C=O) groups excluding carboxylic acids is 4. The number of benzene rings is 1. The van der Waals surface area contributed by atoms with Gasteiger partial charge in [-0.05, 0) is 37.1 Å². The molecule has 1 aromatic carbocycles. The summed E-state index contributed by atoms with van der Waals surface area (Å²) in [6, 6.07) is 7.96. The van der Waals surface area contributed by atoms with Crippen LogP contribution in [0.25, 0.3) is 0 Å². The van der Waals surface area contributed by atoms with E-state index in [1.54, 1.807) is 39.0 Å². The molecule has 2 bridgehead atoms. The van der Waals surface area contributed by atoms with Crippen molar-refractivity contribution in [2.45, 2.75) is 127 Å². The molecule has 15 heteroatoms. The molecular formula is C37H48O15. The average Bonchev–Trinajstić information content (AvgIpc) is 3.07. The van der Waals surface area contributed by atoms with E-state index in [1.165, 1.54) is 26.0 Å². The lowest BCUT2D eigenvalue weighted by atomic mass is 9.44. The highest BCUT2D eigenvalue weighted by Crippen LogP contribution is 2.64. The Labute approximate surface area is 300 Å². The quantitative estimate of drug-likeness (QED) is 0.146. The second-order valence-electron chi connectivity index (χ2n) is 15.5. The van der Waals surface area contributed by atoms with Crippen molar-refractivity contribution in [2.75, 3.05) is 13.2 Å². The monoisotopic (exact) mass is 732 g/mol. The van der Waals surface area contributed by atoms with Crippen molar-refractivity contribution in [2.24, 2.45) is 16.7 Å². The van der Waals surface area contributed by atoms with Gasteiger partial charge in [0.2, 0.25) is 0 Å². The van der Waals surface area contributed by atoms with Gasteiger partial charge in [0, 0.05) is 38.5 Å². The fraction of sp³-hybridized carbons (Fsp3) is 0.676. The summed E-state index contributed by atoms with van der Waals surface area (Å²) >= 11 is 0. The molecule has 0 unspecified atom stereocenters. The summed E-state index contributed by atoms with van der Waals surface area (Å²) in [7, 11) is 0. The van der Waals surface area contributed by atoms with Crippen LogP contribution in [0.2, 0.25) is 0 Å². The van der Waals surface area contributed by atoms with Gasteiger partial charge in [0.1, 0.15) is 30.0 Å². The molecule has 2 saturated carbocycles. The van der Waals surface area contributed by atoms with Crippen LogP contribution in [-0.2, 0) is 42.8 Å². The minimum atomic E-state index is -2.23. The van der Waals surface area contributed by atoms with Crippen LogP contribution in [0.3, 0.4) is 0 Å². The number of hydrogen-bond donors (Lipinski definition) is 5. The number of rotatable bonds is 7. The van der Waals surface area contributed by atoms with Gasteiger partial charge in [0.15, 0.2) is 23.8 Å². The summed E-state index contributed by atoms with van der Waals surface area (Å²) < 4.78 is 36.2. The molecule has 1 aromatic rings. The van der Waals surface area contributed by atoms with Gasteiger partial charge in [-0.25, -0.2) is 4.79 Å². The molecule has 52 heavy (non-hydrogen) atoms. The Hall–Kier alpha value is -3.28. The second kappa shape index (κ2) is 13.5. The van der Waals surface area contributed by atoms with Crippen molar-refractivity contribution in [3.8, 4) is 0 Å². The molecule has 5 aliphatic rings. The number of aliphatic hydroxyl groups is 5. The predicted molar refractivity (Wildman–Crippen MR) is 176 cm³/mol. The molecule has 4 fully saturated rings. The molecular weight excluding hydrogens is 684 g/mol. The molecule has 13 atom stereocenters. The molecule has 3 aliphatic carbocycles. The summed E-state index contributed by atoms with van der Waals surface area (Å²) in [4.78, 5) is 55.0. The van der Waals surface area contributed by atoms with Gasteiger partial charge < -0.3 is 54.0 Å². The third kappa shape index (κ3) is 5.80. The Morgan fingerprint density at radius 3 is 2.23 bits per heavy atom.